The van der Waals surface area contributed by atoms with Crippen LogP contribution in [0.4, 0.5) is 0 Å². The molecule has 2 saturated heterocycles. The maximum absolute atomic E-state index is 13.0. The molecule has 0 aromatic rings. The van der Waals surface area contributed by atoms with Crippen molar-refractivity contribution in [2.45, 2.75) is 242 Å². The fourth-order valence-corrected chi connectivity index (χ4v) is 7.56. The normalized spacial score (nSPS) is 27.0. The summed E-state index contributed by atoms with van der Waals surface area (Å²) in [6.45, 7) is 2.53. The zero-order valence-electron chi connectivity index (χ0n) is 38.6. The van der Waals surface area contributed by atoms with Crippen molar-refractivity contribution in [3.05, 3.63) is 24.3 Å². The molecule has 7 N–H and O–H groups in total. The minimum atomic E-state index is -1.76. The highest BCUT2D eigenvalue weighted by Crippen LogP contribution is 2.26. The van der Waals surface area contributed by atoms with Crippen LogP contribution in [-0.4, -0.2) is 142 Å². The van der Waals surface area contributed by atoms with Gasteiger partial charge in [0.05, 0.1) is 19.8 Å². The van der Waals surface area contributed by atoms with Gasteiger partial charge in [-0.3, -0.25) is 9.59 Å². The number of esters is 2. The monoisotopic (exact) mass is 903 g/mol. The summed E-state index contributed by atoms with van der Waals surface area (Å²) in [7, 11) is 0. The van der Waals surface area contributed by atoms with Gasteiger partial charge in [-0.25, -0.2) is 0 Å². The predicted molar refractivity (Wildman–Crippen MR) is 238 cm³/mol. The molecule has 11 atom stereocenters. The second-order valence-electron chi connectivity index (χ2n) is 17.3. The summed E-state index contributed by atoms with van der Waals surface area (Å²) in [5, 5.41) is 71.9. The predicted octanol–water partition coefficient (Wildman–Crippen LogP) is 5.99. The SMILES string of the molecule is CCCCC/C=C/CCCCCCCC(=O)OC[C@H](CO[C@@H]1O[C@H](CO[C@@H]2O[C@H](CO)[C@H](O)C(O)C2O)[C@H](O)C(O)C1O)OC(=O)CCCCCCCCC/C=C/CCCCCC. The van der Waals surface area contributed by atoms with E-state index in [0.717, 1.165) is 70.6 Å². The Hall–Kier alpha value is -2.02. The Morgan fingerprint density at radius 3 is 1.43 bits per heavy atom. The minimum absolute atomic E-state index is 0.160. The van der Waals surface area contributed by atoms with Gasteiger partial charge in [-0.05, 0) is 64.2 Å². The highest BCUT2D eigenvalue weighted by atomic mass is 16.7. The van der Waals surface area contributed by atoms with E-state index in [4.69, 9.17) is 28.4 Å². The van der Waals surface area contributed by atoms with Gasteiger partial charge < -0.3 is 64.2 Å². The average Bonchev–Trinajstić information content (AvgIpc) is 3.28. The average molecular weight is 903 g/mol. The molecule has 0 spiro atoms. The van der Waals surface area contributed by atoms with Crippen molar-refractivity contribution in [1.82, 2.24) is 0 Å². The summed E-state index contributed by atoms with van der Waals surface area (Å²) in [5.74, 6) is -0.939. The quantitative estimate of drug-likeness (QED) is 0.0216. The Bertz CT molecular complexity index is 1200. The molecule has 0 aliphatic carbocycles. The Kier molecular flexibility index (Phi) is 32.8. The van der Waals surface area contributed by atoms with Crippen molar-refractivity contribution < 1.29 is 73.8 Å². The van der Waals surface area contributed by atoms with Crippen LogP contribution in [0.3, 0.4) is 0 Å². The van der Waals surface area contributed by atoms with Crippen LogP contribution in [0.2, 0.25) is 0 Å². The summed E-state index contributed by atoms with van der Waals surface area (Å²) >= 11 is 0. The number of rotatable bonds is 37. The zero-order valence-corrected chi connectivity index (χ0v) is 38.6. The van der Waals surface area contributed by atoms with Gasteiger partial charge in [0.1, 0.15) is 55.4 Å². The van der Waals surface area contributed by atoms with Crippen LogP contribution in [0.25, 0.3) is 0 Å². The molecule has 2 aliphatic heterocycles. The molecule has 0 amide bonds. The van der Waals surface area contributed by atoms with E-state index in [1.165, 1.54) is 64.2 Å². The molecular weight excluding hydrogens is 817 g/mol. The molecule has 2 rings (SSSR count). The molecule has 0 saturated carbocycles. The van der Waals surface area contributed by atoms with E-state index in [0.29, 0.717) is 12.8 Å². The van der Waals surface area contributed by atoms with Crippen molar-refractivity contribution in [2.24, 2.45) is 0 Å². The third-order valence-corrected chi connectivity index (χ3v) is 11.7. The molecule has 2 aliphatic rings. The van der Waals surface area contributed by atoms with Crippen molar-refractivity contribution in [1.29, 1.82) is 0 Å². The third-order valence-electron chi connectivity index (χ3n) is 11.7. The maximum atomic E-state index is 13.0. The lowest BCUT2D eigenvalue weighted by Crippen LogP contribution is -2.61. The number of hydrogen-bond donors (Lipinski definition) is 7. The number of unbranched alkanes of at least 4 members (excludes halogenated alkanes) is 19. The first-order chi connectivity index (χ1) is 30.5. The largest absolute Gasteiger partial charge is 0.462 e. The van der Waals surface area contributed by atoms with Gasteiger partial charge in [0.15, 0.2) is 18.7 Å². The number of carbonyl (C=O) groups excluding carboxylic acids is 2. The Morgan fingerprint density at radius 2 is 0.905 bits per heavy atom. The van der Waals surface area contributed by atoms with Crippen LogP contribution >= 0.6 is 0 Å². The molecule has 15 heteroatoms. The van der Waals surface area contributed by atoms with E-state index in [1.54, 1.807) is 0 Å². The first-order valence-corrected chi connectivity index (χ1v) is 24.4. The fourth-order valence-electron chi connectivity index (χ4n) is 7.56. The number of aliphatic hydroxyl groups excluding tert-OH is 7. The second-order valence-corrected chi connectivity index (χ2v) is 17.3. The molecule has 0 radical (unpaired) electrons. The van der Waals surface area contributed by atoms with E-state index < -0.39 is 92.7 Å². The summed E-state index contributed by atoms with van der Waals surface area (Å²) in [5.41, 5.74) is 0. The second kappa shape index (κ2) is 36.1. The summed E-state index contributed by atoms with van der Waals surface area (Å²) < 4.78 is 33.5. The first-order valence-electron chi connectivity index (χ1n) is 24.4. The lowest BCUT2D eigenvalue weighted by Gasteiger charge is -2.42. The smallest absolute Gasteiger partial charge is 0.306 e. The lowest BCUT2D eigenvalue weighted by molar-refractivity contribution is -0.332. The van der Waals surface area contributed by atoms with Crippen LogP contribution in [0.15, 0.2) is 24.3 Å². The summed E-state index contributed by atoms with van der Waals surface area (Å²) in [4.78, 5) is 25.7. The standard InChI is InChI=1S/C48H86O15/c1-3-5-7-9-11-13-15-17-18-19-21-23-25-27-29-31-40(51)61-36(33-58-39(50)30-28-26-24-22-20-16-14-12-10-8-6-4-2)34-59-47-46(57)44(55)42(53)38(63-47)35-60-48-45(56)43(54)41(52)37(32-49)62-48/h12-15,36-38,41-49,52-57H,3-11,16-35H2,1-2H3/b14-12+,15-13+/t36-,37-,38-,41+,42+,43?,44?,45?,46?,47-,48-/m1/s1. The first kappa shape index (κ1) is 57.1. The maximum Gasteiger partial charge on any atom is 0.306 e. The van der Waals surface area contributed by atoms with Crippen LogP contribution in [-0.2, 0) is 38.0 Å². The number of carbonyl (C=O) groups is 2. The van der Waals surface area contributed by atoms with E-state index in [1.807, 2.05) is 0 Å². The van der Waals surface area contributed by atoms with E-state index in [9.17, 15) is 45.3 Å². The summed E-state index contributed by atoms with van der Waals surface area (Å²) in [6, 6.07) is 0. The van der Waals surface area contributed by atoms with Crippen molar-refractivity contribution >= 4 is 11.9 Å². The number of aliphatic hydroxyl groups is 7. The molecule has 63 heavy (non-hydrogen) atoms. The molecule has 368 valence electrons. The molecule has 0 aromatic carbocycles. The van der Waals surface area contributed by atoms with E-state index in [2.05, 4.69) is 38.2 Å². The zero-order chi connectivity index (χ0) is 46.1. The van der Waals surface area contributed by atoms with Gasteiger partial charge >= 0.3 is 11.9 Å². The highest BCUT2D eigenvalue weighted by Gasteiger charge is 2.47. The van der Waals surface area contributed by atoms with Crippen molar-refractivity contribution in [3.8, 4) is 0 Å². The number of allylic oxidation sites excluding steroid dienone is 4. The topological polar surface area (TPSA) is 231 Å². The van der Waals surface area contributed by atoms with Crippen LogP contribution in [0.5, 0.6) is 0 Å². The molecule has 0 aromatic heterocycles. The van der Waals surface area contributed by atoms with Gasteiger partial charge in [-0.15, -0.1) is 0 Å². The molecular formula is C48H86O15. The van der Waals surface area contributed by atoms with Gasteiger partial charge in [-0.1, -0.05) is 122 Å². The fraction of sp³-hybridized carbons (Fsp3) is 0.875. The van der Waals surface area contributed by atoms with E-state index >= 15 is 0 Å². The van der Waals surface area contributed by atoms with Gasteiger partial charge in [-0.2, -0.15) is 0 Å². The molecule has 0 bridgehead atoms. The van der Waals surface area contributed by atoms with Crippen LogP contribution in [0.1, 0.15) is 174 Å². The molecule has 2 heterocycles. The molecule has 2 fully saturated rings. The van der Waals surface area contributed by atoms with Crippen LogP contribution < -0.4 is 0 Å². The Labute approximate surface area is 377 Å². The molecule has 4 unspecified atom stereocenters. The summed E-state index contributed by atoms with van der Waals surface area (Å²) in [6.07, 6.45) is 17.8. The van der Waals surface area contributed by atoms with Crippen molar-refractivity contribution in [3.63, 3.8) is 0 Å². The van der Waals surface area contributed by atoms with Crippen molar-refractivity contribution in [2.75, 3.05) is 26.4 Å². The third kappa shape index (κ3) is 24.9. The van der Waals surface area contributed by atoms with E-state index in [-0.39, 0.29) is 26.1 Å². The highest BCUT2D eigenvalue weighted by molar-refractivity contribution is 5.70. The minimum Gasteiger partial charge on any atom is -0.462 e. The van der Waals surface area contributed by atoms with Gasteiger partial charge in [0.2, 0.25) is 0 Å². The lowest BCUT2D eigenvalue weighted by atomic mass is 9.98. The Morgan fingerprint density at radius 1 is 0.492 bits per heavy atom. The number of hydrogen-bond acceptors (Lipinski definition) is 15. The van der Waals surface area contributed by atoms with Gasteiger partial charge in [0, 0.05) is 12.8 Å². The van der Waals surface area contributed by atoms with Gasteiger partial charge in [0.25, 0.3) is 0 Å². The molecule has 15 nitrogen and oxygen atoms in total. The number of ether oxygens (including phenoxy) is 6. The van der Waals surface area contributed by atoms with Crippen LogP contribution in [0, 0.1) is 0 Å². The Balaban J connectivity index is 1.84.